The van der Waals surface area contributed by atoms with Crippen molar-refractivity contribution in [3.05, 3.63) is 54.5 Å². The highest BCUT2D eigenvalue weighted by atomic mass is 127. The standard InChI is InChI=1S/C22H31N5O3.HI/c1-3-23-21(25-17-22(2,29)19-10-7-15-30-19)24-16-20(28)27-13-11-26(12-14-27)18-8-5-4-6-9-18;/h4-10,15,29H,3,11-14,16-17H2,1-2H3,(H2,23,24,25);1H. The summed E-state index contributed by atoms with van der Waals surface area (Å²) < 4.78 is 5.29. The number of halogens is 1. The number of anilines is 1. The van der Waals surface area contributed by atoms with E-state index in [4.69, 9.17) is 4.42 Å². The highest BCUT2D eigenvalue weighted by Gasteiger charge is 2.26. The Kier molecular flexibility index (Phi) is 9.63. The highest BCUT2D eigenvalue weighted by molar-refractivity contribution is 14.0. The van der Waals surface area contributed by atoms with Crippen LogP contribution >= 0.6 is 24.0 Å². The third kappa shape index (κ3) is 7.13. The Labute approximate surface area is 200 Å². The van der Waals surface area contributed by atoms with Crippen LogP contribution < -0.4 is 15.5 Å². The smallest absolute Gasteiger partial charge is 0.244 e. The second kappa shape index (κ2) is 11.9. The molecule has 170 valence electrons. The number of guanidine groups is 1. The van der Waals surface area contributed by atoms with Crippen molar-refractivity contribution >= 4 is 41.5 Å². The molecule has 0 bridgehead atoms. The molecule has 31 heavy (non-hydrogen) atoms. The van der Waals surface area contributed by atoms with Gasteiger partial charge in [0, 0.05) is 38.4 Å². The fourth-order valence-corrected chi connectivity index (χ4v) is 3.37. The number of aliphatic imine (C=N–C) groups is 1. The molecule has 0 aliphatic carbocycles. The van der Waals surface area contributed by atoms with Crippen LogP contribution in [0.4, 0.5) is 5.69 Å². The zero-order valence-corrected chi connectivity index (χ0v) is 20.4. The summed E-state index contributed by atoms with van der Waals surface area (Å²) in [7, 11) is 0. The number of benzene rings is 1. The van der Waals surface area contributed by atoms with Gasteiger partial charge in [0.05, 0.1) is 12.8 Å². The van der Waals surface area contributed by atoms with E-state index >= 15 is 0 Å². The van der Waals surface area contributed by atoms with Crippen LogP contribution in [0.5, 0.6) is 0 Å². The number of piperazine rings is 1. The van der Waals surface area contributed by atoms with Crippen molar-refractivity contribution in [1.29, 1.82) is 0 Å². The first-order valence-electron chi connectivity index (χ1n) is 10.4. The Hall–Kier alpha value is -2.27. The maximum absolute atomic E-state index is 12.6. The third-order valence-electron chi connectivity index (χ3n) is 5.12. The van der Waals surface area contributed by atoms with Gasteiger partial charge in [-0.3, -0.25) is 4.79 Å². The molecule has 2 aromatic rings. The molecule has 2 heterocycles. The minimum atomic E-state index is -1.18. The molecule has 0 saturated carbocycles. The van der Waals surface area contributed by atoms with Gasteiger partial charge in [-0.2, -0.15) is 0 Å². The Bertz CT molecular complexity index is 819. The highest BCUT2D eigenvalue weighted by Crippen LogP contribution is 2.19. The van der Waals surface area contributed by atoms with Gasteiger partial charge in [-0.1, -0.05) is 18.2 Å². The molecule has 1 unspecified atom stereocenters. The van der Waals surface area contributed by atoms with Crippen molar-refractivity contribution in [3.63, 3.8) is 0 Å². The molecule has 1 fully saturated rings. The molecule has 1 aromatic carbocycles. The molecule has 0 spiro atoms. The van der Waals surface area contributed by atoms with Gasteiger partial charge in [-0.05, 0) is 38.1 Å². The van der Waals surface area contributed by atoms with E-state index < -0.39 is 5.60 Å². The van der Waals surface area contributed by atoms with Gasteiger partial charge in [-0.15, -0.1) is 24.0 Å². The van der Waals surface area contributed by atoms with Gasteiger partial charge in [0.25, 0.3) is 0 Å². The molecule has 9 heteroatoms. The van der Waals surface area contributed by atoms with Crippen molar-refractivity contribution in [2.24, 2.45) is 4.99 Å². The molecule has 1 aliphatic rings. The fraction of sp³-hybridized carbons (Fsp3) is 0.455. The first-order valence-corrected chi connectivity index (χ1v) is 10.4. The van der Waals surface area contributed by atoms with Gasteiger partial charge in [0.1, 0.15) is 17.9 Å². The van der Waals surface area contributed by atoms with Crippen molar-refractivity contribution in [3.8, 4) is 0 Å². The summed E-state index contributed by atoms with van der Waals surface area (Å²) in [5.41, 5.74) is 0.00199. The first kappa shape index (κ1) is 25.0. The molecule has 1 atom stereocenters. The van der Waals surface area contributed by atoms with Crippen molar-refractivity contribution < 1.29 is 14.3 Å². The number of hydrogen-bond acceptors (Lipinski definition) is 5. The zero-order valence-electron chi connectivity index (χ0n) is 18.1. The van der Waals surface area contributed by atoms with E-state index in [0.29, 0.717) is 31.4 Å². The summed E-state index contributed by atoms with van der Waals surface area (Å²) >= 11 is 0. The topological polar surface area (TPSA) is 93.3 Å². The Morgan fingerprint density at radius 3 is 2.45 bits per heavy atom. The number of carbonyl (C=O) groups excluding carboxylic acids is 1. The normalized spacial score (nSPS) is 16.3. The van der Waals surface area contributed by atoms with Crippen LogP contribution in [0.2, 0.25) is 0 Å². The number of furan rings is 1. The minimum Gasteiger partial charge on any atom is -0.466 e. The lowest BCUT2D eigenvalue weighted by Crippen LogP contribution is -2.50. The number of rotatable bonds is 7. The zero-order chi connectivity index (χ0) is 21.4. The molecule has 8 nitrogen and oxygen atoms in total. The predicted molar refractivity (Wildman–Crippen MR) is 133 cm³/mol. The van der Waals surface area contributed by atoms with Crippen LogP contribution in [-0.2, 0) is 10.4 Å². The van der Waals surface area contributed by atoms with E-state index in [9.17, 15) is 9.90 Å². The average molecular weight is 541 g/mol. The minimum absolute atomic E-state index is 0. The molecule has 3 rings (SSSR count). The lowest BCUT2D eigenvalue weighted by atomic mass is 10.0. The first-order chi connectivity index (χ1) is 14.5. The van der Waals surface area contributed by atoms with Crippen molar-refractivity contribution in [2.75, 3.05) is 50.7 Å². The molecule has 1 aliphatic heterocycles. The molecular formula is C22H32IN5O3. The van der Waals surface area contributed by atoms with E-state index in [1.807, 2.05) is 30.0 Å². The van der Waals surface area contributed by atoms with E-state index in [1.165, 1.54) is 12.0 Å². The maximum Gasteiger partial charge on any atom is 0.244 e. The van der Waals surface area contributed by atoms with Crippen LogP contribution in [0.3, 0.4) is 0 Å². The largest absolute Gasteiger partial charge is 0.466 e. The second-order valence-electron chi connectivity index (χ2n) is 7.50. The number of nitrogens with one attached hydrogen (secondary N) is 2. The summed E-state index contributed by atoms with van der Waals surface area (Å²) in [5, 5.41) is 16.8. The Morgan fingerprint density at radius 1 is 1.13 bits per heavy atom. The van der Waals surface area contributed by atoms with Gasteiger partial charge in [0.15, 0.2) is 5.96 Å². The Morgan fingerprint density at radius 2 is 1.84 bits per heavy atom. The quantitative estimate of drug-likeness (QED) is 0.282. The number of para-hydroxylation sites is 1. The number of nitrogens with zero attached hydrogens (tertiary/aromatic N) is 3. The molecule has 1 amide bonds. The summed E-state index contributed by atoms with van der Waals surface area (Å²) in [6, 6.07) is 13.7. The van der Waals surface area contributed by atoms with Gasteiger partial charge < -0.3 is 30.0 Å². The van der Waals surface area contributed by atoms with Crippen LogP contribution in [-0.4, -0.2) is 67.7 Å². The monoisotopic (exact) mass is 541 g/mol. The van der Waals surface area contributed by atoms with Crippen LogP contribution in [0.25, 0.3) is 0 Å². The maximum atomic E-state index is 12.6. The SMILES string of the molecule is CCNC(=NCC(=O)N1CCN(c2ccccc2)CC1)NCC(C)(O)c1ccco1.I. The lowest BCUT2D eigenvalue weighted by Gasteiger charge is -2.36. The van der Waals surface area contributed by atoms with Crippen LogP contribution in [0.1, 0.15) is 19.6 Å². The summed E-state index contributed by atoms with van der Waals surface area (Å²) in [4.78, 5) is 21.2. The molecule has 1 aromatic heterocycles. The van der Waals surface area contributed by atoms with Crippen molar-refractivity contribution in [1.82, 2.24) is 15.5 Å². The number of aliphatic hydroxyl groups is 1. The van der Waals surface area contributed by atoms with Gasteiger partial charge in [0.2, 0.25) is 5.91 Å². The van der Waals surface area contributed by atoms with Crippen LogP contribution in [0.15, 0.2) is 58.1 Å². The van der Waals surface area contributed by atoms with E-state index in [1.54, 1.807) is 19.1 Å². The Balaban J connectivity index is 0.00000341. The molecule has 0 radical (unpaired) electrons. The van der Waals surface area contributed by atoms with Crippen LogP contribution in [0, 0.1) is 0 Å². The number of amides is 1. The molecule has 1 saturated heterocycles. The third-order valence-corrected chi connectivity index (χ3v) is 5.12. The van der Waals surface area contributed by atoms with E-state index in [0.717, 1.165) is 13.1 Å². The fourth-order valence-electron chi connectivity index (χ4n) is 3.37. The van der Waals surface area contributed by atoms with Gasteiger partial charge in [-0.25, -0.2) is 4.99 Å². The molecular weight excluding hydrogens is 509 g/mol. The van der Waals surface area contributed by atoms with Gasteiger partial charge >= 0.3 is 0 Å². The number of hydrogen-bond donors (Lipinski definition) is 3. The number of carbonyl (C=O) groups is 1. The lowest BCUT2D eigenvalue weighted by molar-refractivity contribution is -0.129. The summed E-state index contributed by atoms with van der Waals surface area (Å²) in [6.45, 7) is 7.51. The molecule has 3 N–H and O–H groups in total. The van der Waals surface area contributed by atoms with E-state index in [2.05, 4.69) is 32.7 Å². The summed E-state index contributed by atoms with van der Waals surface area (Å²) in [5.74, 6) is 0.955. The second-order valence-corrected chi connectivity index (χ2v) is 7.50. The predicted octanol–water partition coefficient (Wildman–Crippen LogP) is 2.01. The van der Waals surface area contributed by atoms with E-state index in [-0.39, 0.29) is 43.0 Å². The average Bonchev–Trinajstić information content (AvgIpc) is 3.32. The van der Waals surface area contributed by atoms with Crippen molar-refractivity contribution in [2.45, 2.75) is 19.4 Å². The summed E-state index contributed by atoms with van der Waals surface area (Å²) in [6.07, 6.45) is 1.53.